The molecule has 0 saturated carbocycles. The summed E-state index contributed by atoms with van der Waals surface area (Å²) in [4.78, 5) is 19.0. The third-order valence-electron chi connectivity index (χ3n) is 4.79. The van der Waals surface area contributed by atoms with Gasteiger partial charge in [0, 0.05) is 49.7 Å². The number of piperidine rings is 1. The molecule has 25 heavy (non-hydrogen) atoms. The fourth-order valence-electron chi connectivity index (χ4n) is 3.50. The molecule has 0 bridgehead atoms. The molecule has 2 aliphatic rings. The molecular formula is C18H22N4O3. The number of nitrogens with zero attached hydrogens (tertiary/aromatic N) is 3. The van der Waals surface area contributed by atoms with Crippen molar-refractivity contribution in [1.82, 2.24) is 14.5 Å². The molecule has 1 aromatic carbocycles. The Kier molecular flexibility index (Phi) is 4.21. The van der Waals surface area contributed by atoms with Gasteiger partial charge in [0.2, 0.25) is 6.79 Å². The molecule has 7 nitrogen and oxygen atoms in total. The number of rotatable bonds is 3. The number of fused-ring (bicyclic) bond motifs is 1. The summed E-state index contributed by atoms with van der Waals surface area (Å²) in [5.41, 5.74) is 0.714. The van der Waals surface area contributed by atoms with Crippen molar-refractivity contribution in [3.05, 3.63) is 36.4 Å². The predicted molar refractivity (Wildman–Crippen MR) is 93.0 cm³/mol. The van der Waals surface area contributed by atoms with Crippen molar-refractivity contribution in [3.8, 4) is 11.5 Å². The van der Waals surface area contributed by atoms with Crippen LogP contribution >= 0.6 is 0 Å². The molecule has 2 aromatic rings. The number of amides is 2. The summed E-state index contributed by atoms with van der Waals surface area (Å²) in [5, 5.41) is 2.96. The van der Waals surface area contributed by atoms with Gasteiger partial charge in [-0.3, -0.25) is 0 Å². The number of anilines is 1. The van der Waals surface area contributed by atoms with Crippen LogP contribution in [0.1, 0.15) is 31.5 Å². The largest absolute Gasteiger partial charge is 0.454 e. The first-order chi connectivity index (χ1) is 12.2. The van der Waals surface area contributed by atoms with Crippen molar-refractivity contribution >= 4 is 11.7 Å². The molecule has 0 radical (unpaired) electrons. The molecular weight excluding hydrogens is 320 g/mol. The summed E-state index contributed by atoms with van der Waals surface area (Å²) in [5.74, 6) is 2.73. The number of benzene rings is 1. The number of aryl methyl sites for hydroxylation is 1. The van der Waals surface area contributed by atoms with E-state index in [1.54, 1.807) is 6.07 Å². The maximum Gasteiger partial charge on any atom is 0.321 e. The first kappa shape index (κ1) is 15.8. The number of nitrogens with one attached hydrogen (secondary N) is 1. The monoisotopic (exact) mass is 342 g/mol. The lowest BCUT2D eigenvalue weighted by molar-refractivity contribution is 0.174. The molecule has 1 unspecified atom stereocenters. The second-order valence-electron chi connectivity index (χ2n) is 6.35. The van der Waals surface area contributed by atoms with E-state index in [0.29, 0.717) is 23.7 Å². The second-order valence-corrected chi connectivity index (χ2v) is 6.35. The summed E-state index contributed by atoms with van der Waals surface area (Å²) in [6, 6.07) is 5.36. The van der Waals surface area contributed by atoms with Gasteiger partial charge in [0.1, 0.15) is 5.82 Å². The van der Waals surface area contributed by atoms with Crippen LogP contribution < -0.4 is 14.8 Å². The van der Waals surface area contributed by atoms with E-state index in [2.05, 4.69) is 21.8 Å². The topological polar surface area (TPSA) is 68.6 Å². The van der Waals surface area contributed by atoms with Crippen molar-refractivity contribution in [2.75, 3.05) is 25.2 Å². The lowest BCUT2D eigenvalue weighted by Crippen LogP contribution is -2.42. The molecule has 1 fully saturated rings. The average molecular weight is 342 g/mol. The molecule has 4 rings (SSSR count). The fourth-order valence-corrected chi connectivity index (χ4v) is 3.50. The van der Waals surface area contributed by atoms with Crippen molar-refractivity contribution < 1.29 is 14.3 Å². The highest BCUT2D eigenvalue weighted by atomic mass is 16.7. The Labute approximate surface area is 146 Å². The predicted octanol–water partition coefficient (Wildman–Crippen LogP) is 3.04. The number of imidazole rings is 1. The summed E-state index contributed by atoms with van der Waals surface area (Å²) >= 11 is 0. The highest BCUT2D eigenvalue weighted by Gasteiger charge is 2.27. The summed E-state index contributed by atoms with van der Waals surface area (Å²) in [7, 11) is 0. The maximum atomic E-state index is 12.7. The molecule has 1 atom stereocenters. The van der Waals surface area contributed by atoms with Gasteiger partial charge in [-0.05, 0) is 31.9 Å². The van der Waals surface area contributed by atoms with Crippen LogP contribution in [0.4, 0.5) is 10.5 Å². The van der Waals surface area contributed by atoms with Gasteiger partial charge in [-0.1, -0.05) is 0 Å². The minimum absolute atomic E-state index is 0.0850. The van der Waals surface area contributed by atoms with E-state index >= 15 is 0 Å². The van der Waals surface area contributed by atoms with Crippen molar-refractivity contribution in [1.29, 1.82) is 0 Å². The molecule has 2 amide bonds. The first-order valence-corrected chi connectivity index (χ1v) is 8.71. The van der Waals surface area contributed by atoms with Crippen LogP contribution in [0.3, 0.4) is 0 Å². The molecule has 0 spiro atoms. The van der Waals surface area contributed by atoms with E-state index in [1.807, 2.05) is 29.4 Å². The van der Waals surface area contributed by atoms with E-state index in [-0.39, 0.29) is 18.7 Å². The molecule has 7 heteroatoms. The third-order valence-corrected chi connectivity index (χ3v) is 4.79. The summed E-state index contributed by atoms with van der Waals surface area (Å²) in [6.45, 7) is 4.69. The normalized spacial score (nSPS) is 19.1. The van der Waals surface area contributed by atoms with Gasteiger partial charge in [-0.15, -0.1) is 0 Å². The number of likely N-dealkylation sites (tertiary alicyclic amines) is 1. The van der Waals surface area contributed by atoms with E-state index in [4.69, 9.17) is 9.47 Å². The Hall–Kier alpha value is -2.70. The van der Waals surface area contributed by atoms with Gasteiger partial charge in [0.05, 0.1) is 0 Å². The van der Waals surface area contributed by atoms with Gasteiger partial charge in [0.25, 0.3) is 0 Å². The molecule has 2 aliphatic heterocycles. The van der Waals surface area contributed by atoms with Gasteiger partial charge >= 0.3 is 6.03 Å². The fraction of sp³-hybridized carbons (Fsp3) is 0.444. The van der Waals surface area contributed by atoms with Crippen LogP contribution in [0.2, 0.25) is 0 Å². The van der Waals surface area contributed by atoms with Crippen LogP contribution in [-0.2, 0) is 6.54 Å². The summed E-state index contributed by atoms with van der Waals surface area (Å²) < 4.78 is 12.8. The van der Waals surface area contributed by atoms with Crippen LogP contribution in [0.25, 0.3) is 0 Å². The third kappa shape index (κ3) is 3.14. The highest BCUT2D eigenvalue weighted by Crippen LogP contribution is 2.34. The number of hydrogen-bond acceptors (Lipinski definition) is 4. The van der Waals surface area contributed by atoms with Crippen molar-refractivity contribution in [3.63, 3.8) is 0 Å². The van der Waals surface area contributed by atoms with E-state index < -0.39 is 0 Å². The van der Waals surface area contributed by atoms with Gasteiger partial charge in [0.15, 0.2) is 11.5 Å². The molecule has 1 N–H and O–H groups in total. The highest BCUT2D eigenvalue weighted by molar-refractivity contribution is 5.89. The molecule has 1 saturated heterocycles. The minimum atomic E-state index is -0.0850. The zero-order valence-electron chi connectivity index (χ0n) is 14.3. The Morgan fingerprint density at radius 1 is 1.36 bits per heavy atom. The number of hydrogen-bond donors (Lipinski definition) is 1. The van der Waals surface area contributed by atoms with Crippen molar-refractivity contribution in [2.45, 2.75) is 32.2 Å². The Balaban J connectivity index is 1.43. The number of carbonyl (C=O) groups is 1. The first-order valence-electron chi connectivity index (χ1n) is 8.71. The SMILES string of the molecule is CCn1ccnc1C1CCCN(C(=O)Nc2ccc3c(c2)OCO3)C1. The molecule has 1 aromatic heterocycles. The molecule has 3 heterocycles. The second kappa shape index (κ2) is 6.66. The smallest absolute Gasteiger partial charge is 0.321 e. The lowest BCUT2D eigenvalue weighted by atomic mass is 9.97. The number of carbonyl (C=O) groups excluding carboxylic acids is 1. The van der Waals surface area contributed by atoms with Crippen LogP contribution in [0.5, 0.6) is 11.5 Å². The van der Waals surface area contributed by atoms with Crippen molar-refractivity contribution in [2.24, 2.45) is 0 Å². The van der Waals surface area contributed by atoms with Gasteiger partial charge in [-0.2, -0.15) is 0 Å². The van der Waals surface area contributed by atoms with E-state index in [0.717, 1.165) is 31.8 Å². The molecule has 0 aliphatic carbocycles. The Morgan fingerprint density at radius 3 is 3.12 bits per heavy atom. The number of aromatic nitrogens is 2. The van der Waals surface area contributed by atoms with E-state index in [1.165, 1.54) is 0 Å². The van der Waals surface area contributed by atoms with E-state index in [9.17, 15) is 4.79 Å². The lowest BCUT2D eigenvalue weighted by Gasteiger charge is -2.32. The zero-order chi connectivity index (χ0) is 17.2. The summed E-state index contributed by atoms with van der Waals surface area (Å²) in [6.07, 6.45) is 5.88. The molecule has 132 valence electrons. The standard InChI is InChI=1S/C18H22N4O3/c1-2-21-9-7-19-17(21)13-4-3-8-22(11-13)18(23)20-14-5-6-15-16(10-14)25-12-24-15/h5-7,9-10,13H,2-4,8,11-12H2,1H3,(H,20,23). The van der Waals surface area contributed by atoms with Gasteiger partial charge in [-0.25, -0.2) is 9.78 Å². The van der Waals surface area contributed by atoms with Crippen LogP contribution in [-0.4, -0.2) is 40.4 Å². The zero-order valence-corrected chi connectivity index (χ0v) is 14.3. The van der Waals surface area contributed by atoms with Crippen LogP contribution in [0.15, 0.2) is 30.6 Å². The average Bonchev–Trinajstić information content (AvgIpc) is 3.30. The maximum absolute atomic E-state index is 12.7. The minimum Gasteiger partial charge on any atom is -0.454 e. The number of urea groups is 1. The Bertz CT molecular complexity index is 773. The van der Waals surface area contributed by atoms with Gasteiger partial charge < -0.3 is 24.3 Å². The quantitative estimate of drug-likeness (QED) is 0.931. The number of ether oxygens (including phenoxy) is 2. The van der Waals surface area contributed by atoms with Crippen LogP contribution in [0, 0.1) is 0 Å². The Morgan fingerprint density at radius 2 is 2.24 bits per heavy atom.